The quantitative estimate of drug-likeness (QED) is 0.683. The molecule has 0 heterocycles. The van der Waals surface area contributed by atoms with Crippen molar-refractivity contribution < 1.29 is 17.9 Å². The van der Waals surface area contributed by atoms with E-state index in [0.717, 1.165) is 11.1 Å². The number of carbonyl (C=O) groups excluding carboxylic acids is 1. The first kappa shape index (κ1) is 19.6. The molecule has 0 N–H and O–H groups in total. The minimum Gasteiger partial charge on any atom is -0.368 e. The summed E-state index contributed by atoms with van der Waals surface area (Å²) in [7, 11) is -3.16. The summed E-state index contributed by atoms with van der Waals surface area (Å²) in [6.45, 7) is 7.15. The second-order valence-corrected chi connectivity index (χ2v) is 8.46. The topological polar surface area (TPSA) is 60.4 Å². The summed E-state index contributed by atoms with van der Waals surface area (Å²) >= 11 is 0. The molecule has 23 heavy (non-hydrogen) atoms. The lowest BCUT2D eigenvalue weighted by Gasteiger charge is -2.24. The fraction of sp³-hybridized carbons (Fsp3) is 0.500. The Morgan fingerprint density at radius 1 is 1.17 bits per heavy atom. The molecule has 0 bridgehead atoms. The van der Waals surface area contributed by atoms with Crippen LogP contribution in [0.1, 0.15) is 33.3 Å². The van der Waals surface area contributed by atoms with E-state index >= 15 is 0 Å². The molecule has 0 spiro atoms. The van der Waals surface area contributed by atoms with Crippen molar-refractivity contribution in [2.24, 2.45) is 5.92 Å². The van der Waals surface area contributed by atoms with E-state index < -0.39 is 21.2 Å². The molecule has 0 saturated carbocycles. The lowest BCUT2D eigenvalue weighted by molar-refractivity contribution is -0.124. The van der Waals surface area contributed by atoms with E-state index in [-0.39, 0.29) is 11.7 Å². The second-order valence-electron chi connectivity index (χ2n) is 6.06. The summed E-state index contributed by atoms with van der Waals surface area (Å²) in [6.07, 6.45) is 2.44. The van der Waals surface area contributed by atoms with Gasteiger partial charge in [0.2, 0.25) is 0 Å². The van der Waals surface area contributed by atoms with Gasteiger partial charge in [-0.2, -0.15) is 0 Å². The molecule has 0 fully saturated rings. The Balaban J connectivity index is 2.96. The highest BCUT2D eigenvalue weighted by atomic mass is 32.2. The van der Waals surface area contributed by atoms with Crippen molar-refractivity contribution in [1.29, 1.82) is 0 Å². The van der Waals surface area contributed by atoms with Crippen LogP contribution in [0.2, 0.25) is 0 Å². The van der Waals surface area contributed by atoms with Crippen LogP contribution in [0.25, 0.3) is 0 Å². The van der Waals surface area contributed by atoms with Crippen molar-refractivity contribution in [2.75, 3.05) is 6.26 Å². The highest BCUT2D eigenvalue weighted by Gasteiger charge is 2.25. The molecule has 4 nitrogen and oxygen atoms in total. The summed E-state index contributed by atoms with van der Waals surface area (Å²) in [5, 5.41) is -0.607. The number of rotatable bonds is 8. The van der Waals surface area contributed by atoms with Crippen LogP contribution in [0.5, 0.6) is 0 Å². The number of carbonyl (C=O) groups is 1. The predicted molar refractivity (Wildman–Crippen MR) is 92.9 cm³/mol. The summed E-state index contributed by atoms with van der Waals surface area (Å²) in [6, 6.07) is 9.69. The predicted octanol–water partition coefficient (Wildman–Crippen LogP) is 3.18. The van der Waals surface area contributed by atoms with Gasteiger partial charge in [-0.15, -0.1) is 0 Å². The average Bonchev–Trinajstić information content (AvgIpc) is 2.47. The Hall–Kier alpha value is -1.46. The van der Waals surface area contributed by atoms with Gasteiger partial charge in [0.05, 0.1) is 18.0 Å². The van der Waals surface area contributed by atoms with E-state index in [1.807, 2.05) is 37.3 Å². The van der Waals surface area contributed by atoms with E-state index in [9.17, 15) is 13.2 Å². The van der Waals surface area contributed by atoms with Crippen molar-refractivity contribution in [1.82, 2.24) is 0 Å². The smallest absolute Gasteiger partial charge is 0.153 e. The van der Waals surface area contributed by atoms with Crippen LogP contribution in [-0.2, 0) is 26.0 Å². The zero-order valence-electron chi connectivity index (χ0n) is 14.4. The number of hydrogen-bond acceptors (Lipinski definition) is 4. The SMILES string of the molecule is CC(=O)C(C)[C@@H](OCc1ccccc1)/C(C)=C\[C@H](C)S(C)(=O)=O. The minimum absolute atomic E-state index is 0.0165. The number of benzene rings is 1. The largest absolute Gasteiger partial charge is 0.368 e. The van der Waals surface area contributed by atoms with E-state index in [1.165, 1.54) is 13.2 Å². The standard InChI is InChI=1S/C18H26O4S/c1-13(11-14(2)23(5,20)21)18(15(3)16(4)19)22-12-17-9-7-6-8-10-17/h6-11,14-15,18H,12H2,1-5H3/b13-11-/t14-,15?,18-/m0/s1. The third kappa shape index (κ3) is 6.28. The number of ether oxygens (including phenoxy) is 1. The third-order valence-corrected chi connectivity index (χ3v) is 5.48. The molecule has 1 aromatic carbocycles. The van der Waals surface area contributed by atoms with Gasteiger partial charge >= 0.3 is 0 Å². The summed E-state index contributed by atoms with van der Waals surface area (Å²) < 4.78 is 29.2. The Labute approximate surface area is 139 Å². The van der Waals surface area contributed by atoms with Crippen molar-refractivity contribution in [3.05, 3.63) is 47.5 Å². The fourth-order valence-corrected chi connectivity index (χ4v) is 2.69. The molecule has 1 rings (SSSR count). The third-order valence-electron chi connectivity index (χ3n) is 3.99. The van der Waals surface area contributed by atoms with Crippen molar-refractivity contribution >= 4 is 15.6 Å². The Morgan fingerprint density at radius 3 is 2.22 bits per heavy atom. The van der Waals surface area contributed by atoms with Gasteiger partial charge < -0.3 is 4.74 Å². The molecule has 0 aliphatic rings. The highest BCUT2D eigenvalue weighted by molar-refractivity contribution is 7.91. The van der Waals surface area contributed by atoms with Crippen LogP contribution >= 0.6 is 0 Å². The maximum Gasteiger partial charge on any atom is 0.153 e. The van der Waals surface area contributed by atoms with Crippen molar-refractivity contribution in [3.63, 3.8) is 0 Å². The molecule has 0 aliphatic heterocycles. The molecule has 1 unspecified atom stereocenters. The molecule has 3 atom stereocenters. The number of hydrogen-bond donors (Lipinski definition) is 0. The first-order valence-electron chi connectivity index (χ1n) is 7.66. The first-order valence-corrected chi connectivity index (χ1v) is 9.61. The monoisotopic (exact) mass is 338 g/mol. The van der Waals surface area contributed by atoms with Crippen LogP contribution in [-0.4, -0.2) is 31.8 Å². The van der Waals surface area contributed by atoms with Crippen LogP contribution in [0.4, 0.5) is 0 Å². The van der Waals surface area contributed by atoms with E-state index in [2.05, 4.69) is 0 Å². The Kier molecular flexibility index (Phi) is 7.16. The number of sulfone groups is 1. The van der Waals surface area contributed by atoms with Gasteiger partial charge in [-0.05, 0) is 31.9 Å². The van der Waals surface area contributed by atoms with Crippen LogP contribution in [0.3, 0.4) is 0 Å². The summed E-state index contributed by atoms with van der Waals surface area (Å²) in [5.41, 5.74) is 1.78. The zero-order valence-corrected chi connectivity index (χ0v) is 15.3. The molecule has 5 heteroatoms. The van der Waals surface area contributed by atoms with Crippen LogP contribution in [0.15, 0.2) is 42.0 Å². The van der Waals surface area contributed by atoms with Gasteiger partial charge in [0.25, 0.3) is 0 Å². The molecular formula is C18H26O4S. The normalized spacial score (nSPS) is 16.7. The maximum atomic E-state index is 11.8. The minimum atomic E-state index is -3.16. The van der Waals surface area contributed by atoms with E-state index in [4.69, 9.17) is 4.74 Å². The molecule has 1 aromatic rings. The van der Waals surface area contributed by atoms with Gasteiger partial charge in [-0.25, -0.2) is 8.42 Å². The van der Waals surface area contributed by atoms with Gasteiger partial charge in [-0.3, -0.25) is 4.79 Å². The van der Waals surface area contributed by atoms with Crippen LogP contribution < -0.4 is 0 Å². The lowest BCUT2D eigenvalue weighted by atomic mass is 9.94. The summed E-state index contributed by atoms with van der Waals surface area (Å²) in [4.78, 5) is 11.8. The molecular weight excluding hydrogens is 312 g/mol. The molecule has 0 saturated heterocycles. The number of ketones is 1. The lowest BCUT2D eigenvalue weighted by Crippen LogP contribution is -2.29. The fourth-order valence-electron chi connectivity index (χ4n) is 2.23. The second kappa shape index (κ2) is 8.41. The van der Waals surface area contributed by atoms with Crippen molar-refractivity contribution in [3.8, 4) is 0 Å². The van der Waals surface area contributed by atoms with Gasteiger partial charge in [-0.1, -0.05) is 43.3 Å². The van der Waals surface area contributed by atoms with E-state index in [1.54, 1.807) is 19.9 Å². The molecule has 0 radical (unpaired) electrons. The zero-order chi connectivity index (χ0) is 17.6. The molecule has 0 aliphatic carbocycles. The first-order chi connectivity index (χ1) is 10.6. The van der Waals surface area contributed by atoms with Gasteiger partial charge in [0.15, 0.2) is 9.84 Å². The molecule has 0 aromatic heterocycles. The Bertz CT molecular complexity index is 647. The van der Waals surface area contributed by atoms with Crippen molar-refractivity contribution in [2.45, 2.75) is 45.7 Å². The Morgan fingerprint density at radius 2 is 1.74 bits per heavy atom. The average molecular weight is 338 g/mol. The summed E-state index contributed by atoms with van der Waals surface area (Å²) in [5.74, 6) is -0.315. The van der Waals surface area contributed by atoms with Gasteiger partial charge in [0.1, 0.15) is 5.78 Å². The van der Waals surface area contributed by atoms with Gasteiger partial charge in [0, 0.05) is 12.2 Å². The molecule has 0 amide bonds. The van der Waals surface area contributed by atoms with Crippen LogP contribution in [0, 0.1) is 5.92 Å². The number of Topliss-reactive ketones (excluding diaryl/α,β-unsaturated/α-hetero) is 1. The maximum absolute atomic E-state index is 11.8. The highest BCUT2D eigenvalue weighted by Crippen LogP contribution is 2.21. The molecule has 128 valence electrons. The van der Waals surface area contributed by atoms with E-state index in [0.29, 0.717) is 6.61 Å².